The van der Waals surface area contributed by atoms with Crippen molar-refractivity contribution in [3.8, 4) is 0 Å². The zero-order valence-electron chi connectivity index (χ0n) is 11.2. The fraction of sp³-hybridized carbons (Fsp3) is 0.833. The van der Waals surface area contributed by atoms with Crippen LogP contribution >= 0.6 is 0 Å². The molecule has 0 aliphatic carbocycles. The maximum atomic E-state index is 11.5. The molecule has 0 spiro atoms. The van der Waals surface area contributed by atoms with Gasteiger partial charge in [0, 0.05) is 33.1 Å². The van der Waals surface area contributed by atoms with E-state index in [1.54, 1.807) is 7.11 Å². The summed E-state index contributed by atoms with van der Waals surface area (Å²) in [6.07, 6.45) is 2.11. The number of carbonyl (C=O) groups is 2. The second-order valence-corrected chi connectivity index (χ2v) is 4.65. The maximum Gasteiger partial charge on any atom is 0.314 e. The lowest BCUT2D eigenvalue weighted by Crippen LogP contribution is -2.48. The molecule has 7 heteroatoms. The highest BCUT2D eigenvalue weighted by molar-refractivity contribution is 5.73. The SMILES string of the molecule is COC1(CNC(=O)NCCCCC(=O)O)CCOC1. The number of hydrogen-bond acceptors (Lipinski definition) is 4. The molecule has 0 bridgehead atoms. The molecule has 110 valence electrons. The highest BCUT2D eigenvalue weighted by Crippen LogP contribution is 2.21. The average molecular weight is 274 g/mol. The Morgan fingerprint density at radius 2 is 2.16 bits per heavy atom. The summed E-state index contributed by atoms with van der Waals surface area (Å²) in [5, 5.41) is 13.9. The number of unbranched alkanes of at least 4 members (excludes halogenated alkanes) is 1. The van der Waals surface area contributed by atoms with E-state index in [2.05, 4.69) is 10.6 Å². The van der Waals surface area contributed by atoms with Crippen LogP contribution in [-0.2, 0) is 14.3 Å². The van der Waals surface area contributed by atoms with E-state index in [1.165, 1.54) is 0 Å². The summed E-state index contributed by atoms with van der Waals surface area (Å²) in [5.74, 6) is -0.812. The van der Waals surface area contributed by atoms with Gasteiger partial charge in [0.25, 0.3) is 0 Å². The number of carboxylic acid groups (broad SMARTS) is 1. The third kappa shape index (κ3) is 5.89. The number of amides is 2. The number of carboxylic acids is 1. The number of carbonyl (C=O) groups excluding carboxylic acids is 1. The number of urea groups is 1. The molecule has 1 saturated heterocycles. The zero-order valence-corrected chi connectivity index (χ0v) is 11.2. The van der Waals surface area contributed by atoms with Gasteiger partial charge in [-0.15, -0.1) is 0 Å². The fourth-order valence-electron chi connectivity index (χ4n) is 1.87. The molecular formula is C12H22N2O5. The predicted octanol–water partition coefficient (Wildman–Crippen LogP) is 0.346. The topological polar surface area (TPSA) is 96.9 Å². The number of ether oxygens (including phenoxy) is 2. The Balaban J connectivity index is 2.09. The van der Waals surface area contributed by atoms with Crippen molar-refractivity contribution in [2.75, 3.05) is 33.4 Å². The first-order valence-corrected chi connectivity index (χ1v) is 6.44. The van der Waals surface area contributed by atoms with Gasteiger partial charge in [-0.05, 0) is 12.8 Å². The van der Waals surface area contributed by atoms with Gasteiger partial charge in [0.2, 0.25) is 0 Å². The Labute approximate surface area is 112 Å². The van der Waals surface area contributed by atoms with E-state index in [9.17, 15) is 9.59 Å². The Morgan fingerprint density at radius 1 is 1.37 bits per heavy atom. The second kappa shape index (κ2) is 7.96. The third-order valence-electron chi connectivity index (χ3n) is 3.17. The van der Waals surface area contributed by atoms with Crippen LogP contribution in [0.1, 0.15) is 25.7 Å². The van der Waals surface area contributed by atoms with Gasteiger partial charge in [-0.25, -0.2) is 4.79 Å². The summed E-state index contributed by atoms with van der Waals surface area (Å²) in [7, 11) is 1.61. The van der Waals surface area contributed by atoms with E-state index in [0.29, 0.717) is 39.1 Å². The van der Waals surface area contributed by atoms with Crippen molar-refractivity contribution in [3.05, 3.63) is 0 Å². The first-order chi connectivity index (χ1) is 9.08. The second-order valence-electron chi connectivity index (χ2n) is 4.65. The van der Waals surface area contributed by atoms with Crippen molar-refractivity contribution < 1.29 is 24.2 Å². The van der Waals surface area contributed by atoms with Gasteiger partial charge in [-0.2, -0.15) is 0 Å². The van der Waals surface area contributed by atoms with Crippen LogP contribution in [0, 0.1) is 0 Å². The fourth-order valence-corrected chi connectivity index (χ4v) is 1.87. The number of hydrogen-bond donors (Lipinski definition) is 3. The normalized spacial score (nSPS) is 22.2. The van der Waals surface area contributed by atoms with Crippen LogP contribution in [0.5, 0.6) is 0 Å². The van der Waals surface area contributed by atoms with E-state index in [4.69, 9.17) is 14.6 Å². The van der Waals surface area contributed by atoms with E-state index < -0.39 is 11.6 Å². The van der Waals surface area contributed by atoms with Crippen molar-refractivity contribution in [1.82, 2.24) is 10.6 Å². The van der Waals surface area contributed by atoms with Gasteiger partial charge >= 0.3 is 12.0 Å². The van der Waals surface area contributed by atoms with Crippen LogP contribution in [0.2, 0.25) is 0 Å². The Morgan fingerprint density at radius 3 is 2.74 bits per heavy atom. The molecule has 1 aliphatic rings. The molecule has 1 unspecified atom stereocenters. The molecule has 0 radical (unpaired) electrons. The molecule has 1 rings (SSSR count). The van der Waals surface area contributed by atoms with E-state index in [0.717, 1.165) is 6.42 Å². The summed E-state index contributed by atoms with van der Waals surface area (Å²) in [6, 6.07) is -0.265. The Kier molecular flexibility index (Phi) is 6.58. The van der Waals surface area contributed by atoms with Gasteiger partial charge in [0.05, 0.1) is 13.2 Å². The lowest BCUT2D eigenvalue weighted by molar-refractivity contribution is -0.137. The van der Waals surface area contributed by atoms with Gasteiger partial charge in [-0.3, -0.25) is 4.79 Å². The maximum absolute atomic E-state index is 11.5. The Hall–Kier alpha value is -1.34. The van der Waals surface area contributed by atoms with Crippen LogP contribution in [-0.4, -0.2) is 56.1 Å². The molecule has 3 N–H and O–H groups in total. The summed E-state index contributed by atoms with van der Waals surface area (Å²) in [6.45, 7) is 2.01. The molecule has 0 aromatic rings. The number of aliphatic carboxylic acids is 1. The first-order valence-electron chi connectivity index (χ1n) is 6.44. The molecule has 1 fully saturated rings. The van der Waals surface area contributed by atoms with Gasteiger partial charge in [0.15, 0.2) is 0 Å². The highest BCUT2D eigenvalue weighted by atomic mass is 16.5. The van der Waals surface area contributed by atoms with E-state index in [1.807, 2.05) is 0 Å². The van der Waals surface area contributed by atoms with Gasteiger partial charge in [-0.1, -0.05) is 0 Å². The molecule has 0 aromatic carbocycles. The molecule has 0 aromatic heterocycles. The van der Waals surface area contributed by atoms with Gasteiger partial charge in [0.1, 0.15) is 5.60 Å². The first kappa shape index (κ1) is 15.7. The molecular weight excluding hydrogens is 252 g/mol. The quantitative estimate of drug-likeness (QED) is 0.555. The standard InChI is InChI=1S/C12H22N2O5/c1-18-12(5-7-19-9-12)8-14-11(17)13-6-3-2-4-10(15)16/h2-9H2,1H3,(H,15,16)(H2,13,14,17). The van der Waals surface area contributed by atoms with E-state index in [-0.39, 0.29) is 12.5 Å². The zero-order chi connectivity index (χ0) is 14.1. The minimum absolute atomic E-state index is 0.132. The predicted molar refractivity (Wildman–Crippen MR) is 68.1 cm³/mol. The lowest BCUT2D eigenvalue weighted by atomic mass is 10.0. The molecule has 0 saturated carbocycles. The van der Waals surface area contributed by atoms with Crippen molar-refractivity contribution in [1.29, 1.82) is 0 Å². The summed E-state index contributed by atoms with van der Waals surface area (Å²) in [5.41, 5.74) is -0.416. The molecule has 7 nitrogen and oxygen atoms in total. The van der Waals surface area contributed by atoms with Crippen molar-refractivity contribution in [2.24, 2.45) is 0 Å². The third-order valence-corrected chi connectivity index (χ3v) is 3.17. The van der Waals surface area contributed by atoms with Crippen LogP contribution in [0.25, 0.3) is 0 Å². The van der Waals surface area contributed by atoms with E-state index >= 15 is 0 Å². The molecule has 1 heterocycles. The minimum Gasteiger partial charge on any atom is -0.481 e. The Bertz CT molecular complexity index is 302. The van der Waals surface area contributed by atoms with Crippen molar-refractivity contribution in [3.63, 3.8) is 0 Å². The number of methoxy groups -OCH3 is 1. The summed E-state index contributed by atoms with van der Waals surface area (Å²) >= 11 is 0. The number of rotatable bonds is 8. The summed E-state index contributed by atoms with van der Waals surface area (Å²) in [4.78, 5) is 21.8. The van der Waals surface area contributed by atoms with Crippen LogP contribution in [0.4, 0.5) is 4.79 Å². The average Bonchev–Trinajstić information content (AvgIpc) is 2.85. The monoisotopic (exact) mass is 274 g/mol. The smallest absolute Gasteiger partial charge is 0.314 e. The number of nitrogens with one attached hydrogen (secondary N) is 2. The molecule has 1 atom stereocenters. The van der Waals surface area contributed by atoms with Crippen LogP contribution < -0.4 is 10.6 Å². The minimum atomic E-state index is -0.812. The molecule has 19 heavy (non-hydrogen) atoms. The van der Waals surface area contributed by atoms with Crippen molar-refractivity contribution >= 4 is 12.0 Å². The van der Waals surface area contributed by atoms with Gasteiger partial charge < -0.3 is 25.2 Å². The highest BCUT2D eigenvalue weighted by Gasteiger charge is 2.35. The summed E-state index contributed by atoms with van der Waals surface area (Å²) < 4.78 is 10.7. The van der Waals surface area contributed by atoms with Crippen molar-refractivity contribution in [2.45, 2.75) is 31.3 Å². The van der Waals surface area contributed by atoms with Crippen LogP contribution in [0.15, 0.2) is 0 Å². The largest absolute Gasteiger partial charge is 0.481 e. The van der Waals surface area contributed by atoms with Crippen LogP contribution in [0.3, 0.4) is 0 Å². The molecule has 2 amide bonds. The molecule has 1 aliphatic heterocycles. The lowest BCUT2D eigenvalue weighted by Gasteiger charge is -2.25.